The number of aromatic nitrogens is 1. The first-order chi connectivity index (χ1) is 13.4. The maximum Gasteiger partial charge on any atom is 0.162 e. The smallest absolute Gasteiger partial charge is 0.162 e. The zero-order valence-corrected chi connectivity index (χ0v) is 18.3. The SMILES string of the molecule is C[C@@H](CO)Nc1c(Br)cnc2sc(C=O)c(N=CN(C)c3ccc(Cl)cc3)c12. The summed E-state index contributed by atoms with van der Waals surface area (Å²) >= 11 is 10.7. The van der Waals surface area contributed by atoms with Gasteiger partial charge in [0.15, 0.2) is 6.29 Å². The zero-order chi connectivity index (χ0) is 20.3. The third kappa shape index (κ3) is 4.35. The Morgan fingerprint density at radius 2 is 2.14 bits per heavy atom. The van der Waals surface area contributed by atoms with Gasteiger partial charge in [-0.2, -0.15) is 0 Å². The first-order valence-corrected chi connectivity index (χ1v) is 10.4. The average molecular weight is 482 g/mol. The van der Waals surface area contributed by atoms with Crippen molar-refractivity contribution in [3.63, 3.8) is 0 Å². The van der Waals surface area contributed by atoms with Gasteiger partial charge >= 0.3 is 0 Å². The van der Waals surface area contributed by atoms with Crippen LogP contribution in [0.25, 0.3) is 10.2 Å². The van der Waals surface area contributed by atoms with Crippen LogP contribution in [0.15, 0.2) is 39.9 Å². The second-order valence-corrected chi connectivity index (χ2v) is 8.48. The number of aliphatic hydroxyl groups excluding tert-OH is 1. The van der Waals surface area contributed by atoms with Gasteiger partial charge < -0.3 is 15.3 Å². The lowest BCUT2D eigenvalue weighted by molar-refractivity contribution is 0.112. The van der Waals surface area contributed by atoms with Crippen molar-refractivity contribution in [1.82, 2.24) is 4.98 Å². The number of thiophene rings is 1. The molecule has 2 aromatic heterocycles. The van der Waals surface area contributed by atoms with Gasteiger partial charge in [0.2, 0.25) is 0 Å². The van der Waals surface area contributed by atoms with Gasteiger partial charge in [-0.25, -0.2) is 9.98 Å². The standard InChI is InChI=1S/C19H18BrClN4O2S/c1-11(8-26)24-17-14(20)7-22-19-16(17)18(15(9-27)28-19)23-10-25(2)13-5-3-12(21)4-6-13/h3-7,9-11,26H,8H2,1-2H3,(H,22,24)/t11-/m0/s1. The zero-order valence-electron chi connectivity index (χ0n) is 15.2. The Morgan fingerprint density at radius 1 is 1.43 bits per heavy atom. The molecule has 0 aliphatic carbocycles. The maximum absolute atomic E-state index is 11.6. The van der Waals surface area contributed by atoms with Crippen LogP contribution in [-0.4, -0.2) is 42.4 Å². The Hall–Kier alpha value is -2.00. The van der Waals surface area contributed by atoms with Gasteiger partial charge in [0.1, 0.15) is 4.83 Å². The van der Waals surface area contributed by atoms with Gasteiger partial charge in [0, 0.05) is 30.0 Å². The summed E-state index contributed by atoms with van der Waals surface area (Å²) in [7, 11) is 1.86. The molecular formula is C19H18BrClN4O2S. The van der Waals surface area contributed by atoms with E-state index < -0.39 is 0 Å². The third-order valence-corrected chi connectivity index (χ3v) is 5.91. The molecule has 6 nitrogen and oxygen atoms in total. The number of halogens is 2. The molecule has 0 saturated heterocycles. The monoisotopic (exact) mass is 480 g/mol. The number of nitrogens with one attached hydrogen (secondary N) is 1. The molecule has 0 bridgehead atoms. The lowest BCUT2D eigenvalue weighted by Crippen LogP contribution is -2.19. The Balaban J connectivity index is 2.06. The maximum atomic E-state index is 11.6. The van der Waals surface area contributed by atoms with Crippen LogP contribution in [0, 0.1) is 0 Å². The number of fused-ring (bicyclic) bond motifs is 1. The van der Waals surface area contributed by atoms with Gasteiger partial charge in [-0.15, -0.1) is 11.3 Å². The van der Waals surface area contributed by atoms with Crippen LogP contribution in [0.3, 0.4) is 0 Å². The highest BCUT2D eigenvalue weighted by Crippen LogP contribution is 2.43. The summed E-state index contributed by atoms with van der Waals surface area (Å²) in [5.41, 5.74) is 2.20. The van der Waals surface area contributed by atoms with Crippen molar-refractivity contribution in [3.8, 4) is 0 Å². The number of benzene rings is 1. The van der Waals surface area contributed by atoms with Crippen molar-refractivity contribution in [3.05, 3.63) is 44.8 Å². The molecule has 28 heavy (non-hydrogen) atoms. The van der Waals surface area contributed by atoms with Crippen LogP contribution in [-0.2, 0) is 0 Å². The van der Waals surface area contributed by atoms with Crippen LogP contribution >= 0.6 is 38.9 Å². The summed E-state index contributed by atoms with van der Waals surface area (Å²) in [6, 6.07) is 7.20. The van der Waals surface area contributed by atoms with Gasteiger partial charge in [-0.05, 0) is 47.1 Å². The fourth-order valence-electron chi connectivity index (χ4n) is 2.57. The second-order valence-electron chi connectivity index (χ2n) is 6.15. The van der Waals surface area contributed by atoms with E-state index in [1.807, 2.05) is 31.0 Å². The van der Waals surface area contributed by atoms with Crippen LogP contribution in [0.1, 0.15) is 16.6 Å². The molecule has 3 aromatic rings. The fraction of sp³-hybridized carbons (Fsp3) is 0.211. The number of aliphatic hydroxyl groups is 1. The number of hydrogen-bond donors (Lipinski definition) is 2. The van der Waals surface area contributed by atoms with Gasteiger partial charge in [0.25, 0.3) is 0 Å². The number of carbonyl (C=O) groups excluding carboxylic acids is 1. The first-order valence-electron chi connectivity index (χ1n) is 8.40. The average Bonchev–Trinajstić information content (AvgIpc) is 3.06. The topological polar surface area (TPSA) is 77.8 Å². The van der Waals surface area contributed by atoms with E-state index in [0.29, 0.717) is 20.4 Å². The number of anilines is 2. The summed E-state index contributed by atoms with van der Waals surface area (Å²) in [5.74, 6) is 0. The number of pyridine rings is 1. The van der Waals surface area contributed by atoms with Crippen molar-refractivity contribution >= 4 is 78.8 Å². The second kappa shape index (κ2) is 9.00. The summed E-state index contributed by atoms with van der Waals surface area (Å²) in [5, 5.41) is 14.1. The summed E-state index contributed by atoms with van der Waals surface area (Å²) < 4.78 is 0.734. The molecule has 0 unspecified atom stereocenters. The molecule has 2 heterocycles. The van der Waals surface area contributed by atoms with Gasteiger partial charge in [0.05, 0.1) is 39.1 Å². The Labute approximate surface area is 180 Å². The van der Waals surface area contributed by atoms with Crippen molar-refractivity contribution < 1.29 is 9.90 Å². The fourth-order valence-corrected chi connectivity index (χ4v) is 4.03. The van der Waals surface area contributed by atoms with E-state index >= 15 is 0 Å². The van der Waals surface area contributed by atoms with E-state index in [-0.39, 0.29) is 12.6 Å². The number of aliphatic imine (C=N–C) groups is 1. The van der Waals surface area contributed by atoms with Crippen LogP contribution in [0.2, 0.25) is 5.02 Å². The third-order valence-electron chi connectivity index (χ3n) is 4.04. The van der Waals surface area contributed by atoms with Crippen molar-refractivity contribution in [2.75, 3.05) is 23.9 Å². The van der Waals surface area contributed by atoms with Crippen LogP contribution < -0.4 is 10.2 Å². The van der Waals surface area contributed by atoms with E-state index in [4.69, 9.17) is 11.6 Å². The number of rotatable bonds is 7. The summed E-state index contributed by atoms with van der Waals surface area (Å²) in [4.78, 5) is 23.6. The molecule has 9 heteroatoms. The molecule has 1 aromatic carbocycles. The largest absolute Gasteiger partial charge is 0.394 e. The minimum Gasteiger partial charge on any atom is -0.394 e. The van der Waals surface area contributed by atoms with Gasteiger partial charge in [-0.3, -0.25) is 4.79 Å². The van der Waals surface area contributed by atoms with Crippen LogP contribution in [0.5, 0.6) is 0 Å². The Morgan fingerprint density at radius 3 is 2.79 bits per heavy atom. The highest BCUT2D eigenvalue weighted by molar-refractivity contribution is 9.10. The number of hydrogen-bond acceptors (Lipinski definition) is 6. The molecular weight excluding hydrogens is 464 g/mol. The summed E-state index contributed by atoms with van der Waals surface area (Å²) in [6.07, 6.45) is 4.11. The van der Waals surface area contributed by atoms with E-state index in [0.717, 1.165) is 27.5 Å². The lowest BCUT2D eigenvalue weighted by Gasteiger charge is -2.16. The molecule has 0 aliphatic rings. The molecule has 0 radical (unpaired) electrons. The number of aldehydes is 1. The molecule has 146 valence electrons. The van der Waals surface area contributed by atoms with E-state index in [1.54, 1.807) is 24.7 Å². The molecule has 0 aliphatic heterocycles. The predicted octanol–water partition coefficient (Wildman–Crippen LogP) is 5.11. The predicted molar refractivity (Wildman–Crippen MR) is 121 cm³/mol. The van der Waals surface area contributed by atoms with Gasteiger partial charge in [-0.1, -0.05) is 11.6 Å². The van der Waals surface area contributed by atoms with E-state index in [1.165, 1.54) is 11.3 Å². The molecule has 1 atom stereocenters. The first kappa shape index (κ1) is 20.7. The van der Waals surface area contributed by atoms with Crippen LogP contribution in [0.4, 0.5) is 17.1 Å². The van der Waals surface area contributed by atoms with E-state index in [9.17, 15) is 9.90 Å². The highest BCUT2D eigenvalue weighted by Gasteiger charge is 2.19. The van der Waals surface area contributed by atoms with Crippen molar-refractivity contribution in [2.45, 2.75) is 13.0 Å². The minimum atomic E-state index is -0.171. The van der Waals surface area contributed by atoms with Crippen molar-refractivity contribution in [1.29, 1.82) is 0 Å². The molecule has 0 spiro atoms. The number of nitrogens with zero attached hydrogens (tertiary/aromatic N) is 3. The normalized spacial score (nSPS) is 12.5. The molecule has 3 rings (SSSR count). The molecule has 0 fully saturated rings. The quantitative estimate of drug-likeness (QED) is 0.278. The molecule has 0 amide bonds. The number of carbonyl (C=O) groups is 1. The highest BCUT2D eigenvalue weighted by atomic mass is 79.9. The van der Waals surface area contributed by atoms with Crippen molar-refractivity contribution in [2.24, 2.45) is 4.99 Å². The molecule has 0 saturated carbocycles. The Kier molecular flexibility index (Phi) is 6.66. The molecule has 2 N–H and O–H groups in total. The van der Waals surface area contributed by atoms with E-state index in [2.05, 4.69) is 31.2 Å². The summed E-state index contributed by atoms with van der Waals surface area (Å²) in [6.45, 7) is 1.84. The lowest BCUT2D eigenvalue weighted by atomic mass is 10.2. The minimum absolute atomic E-state index is 0.0289. The Bertz CT molecular complexity index is 1020.